The largest absolute Gasteiger partial charge is 0.508 e. The molecule has 1 aliphatic heterocycles. The van der Waals surface area contributed by atoms with Crippen molar-refractivity contribution >= 4 is 6.16 Å². The van der Waals surface area contributed by atoms with Gasteiger partial charge in [0.05, 0.1) is 12.5 Å². The highest BCUT2D eigenvalue weighted by molar-refractivity contribution is 5.60. The van der Waals surface area contributed by atoms with Crippen LogP contribution in [0.25, 0.3) is 0 Å². The molecule has 4 nitrogen and oxygen atoms in total. The van der Waals surface area contributed by atoms with Gasteiger partial charge in [-0.3, -0.25) is 0 Å². The maximum absolute atomic E-state index is 10.4. The molecule has 1 saturated heterocycles. The second-order valence-corrected chi connectivity index (χ2v) is 2.33. The summed E-state index contributed by atoms with van der Waals surface area (Å²) >= 11 is 0. The van der Waals surface area contributed by atoms with Crippen LogP contribution in [0.15, 0.2) is 0 Å². The summed E-state index contributed by atoms with van der Waals surface area (Å²) in [5.41, 5.74) is 0. The number of rotatable bonds is 1. The van der Waals surface area contributed by atoms with Gasteiger partial charge in [0.2, 0.25) is 0 Å². The van der Waals surface area contributed by atoms with Crippen molar-refractivity contribution in [1.82, 2.24) is 0 Å². The molecule has 2 atom stereocenters. The first kappa shape index (κ1) is 7.34. The van der Waals surface area contributed by atoms with Gasteiger partial charge in [0.25, 0.3) is 0 Å². The van der Waals surface area contributed by atoms with Gasteiger partial charge in [0.15, 0.2) is 0 Å². The normalized spacial score (nSPS) is 32.8. The number of cyclic esters (lactones) is 2. The molecule has 0 aromatic carbocycles. The molecule has 1 rings (SSSR count). The molecule has 0 bridgehead atoms. The summed E-state index contributed by atoms with van der Waals surface area (Å²) in [7, 11) is 0. The van der Waals surface area contributed by atoms with Crippen molar-refractivity contribution in [3.63, 3.8) is 0 Å². The molecule has 0 spiro atoms. The third kappa shape index (κ3) is 1.39. The van der Waals surface area contributed by atoms with Crippen LogP contribution < -0.4 is 0 Å². The van der Waals surface area contributed by atoms with Crippen LogP contribution in [0, 0.1) is 5.92 Å². The lowest BCUT2D eigenvalue weighted by Crippen LogP contribution is -2.36. The molecule has 0 aromatic rings. The van der Waals surface area contributed by atoms with Gasteiger partial charge in [-0.15, -0.1) is 0 Å². The van der Waals surface area contributed by atoms with Crippen molar-refractivity contribution in [2.24, 2.45) is 5.92 Å². The summed E-state index contributed by atoms with van der Waals surface area (Å²) in [4.78, 5) is 10.4. The van der Waals surface area contributed by atoms with Crippen LogP contribution in [0.2, 0.25) is 0 Å². The number of carbonyl (C=O) groups excluding carboxylic acids is 1. The first-order valence-electron chi connectivity index (χ1n) is 3.18. The Labute approximate surface area is 58.7 Å². The maximum Gasteiger partial charge on any atom is 0.508 e. The maximum atomic E-state index is 10.4. The minimum absolute atomic E-state index is 0.00551. The van der Waals surface area contributed by atoms with E-state index in [2.05, 4.69) is 9.47 Å². The summed E-state index contributed by atoms with van der Waals surface area (Å²) in [5, 5.41) is 8.68. The zero-order chi connectivity index (χ0) is 7.56. The molecular weight excluding hydrogens is 136 g/mol. The topological polar surface area (TPSA) is 55.8 Å². The molecule has 0 aliphatic carbocycles. The lowest BCUT2D eigenvalue weighted by molar-refractivity contribution is -0.0647. The van der Waals surface area contributed by atoms with Gasteiger partial charge < -0.3 is 14.6 Å². The van der Waals surface area contributed by atoms with Crippen LogP contribution in [0.4, 0.5) is 4.79 Å². The van der Waals surface area contributed by atoms with Gasteiger partial charge in [-0.25, -0.2) is 4.79 Å². The molecule has 4 heteroatoms. The highest BCUT2D eigenvalue weighted by atomic mass is 16.7. The van der Waals surface area contributed by atoms with Crippen LogP contribution in [-0.2, 0) is 9.47 Å². The zero-order valence-electron chi connectivity index (χ0n) is 5.74. The number of hydrogen-bond donors (Lipinski definition) is 1. The highest BCUT2D eigenvalue weighted by Gasteiger charge is 2.27. The van der Waals surface area contributed by atoms with Gasteiger partial charge in [0.1, 0.15) is 12.7 Å². The van der Waals surface area contributed by atoms with Crippen molar-refractivity contribution in [3.05, 3.63) is 0 Å². The molecule has 0 aromatic heterocycles. The Morgan fingerprint density at radius 2 is 2.50 bits per heavy atom. The molecule has 10 heavy (non-hydrogen) atoms. The fourth-order valence-electron chi connectivity index (χ4n) is 0.794. The van der Waals surface area contributed by atoms with Gasteiger partial charge >= 0.3 is 6.16 Å². The van der Waals surface area contributed by atoms with Gasteiger partial charge in [0, 0.05) is 0 Å². The SMILES string of the molecule is CC1OC(=O)OCC1CO. The van der Waals surface area contributed by atoms with Crippen LogP contribution in [-0.4, -0.2) is 30.6 Å². The van der Waals surface area contributed by atoms with E-state index in [-0.39, 0.29) is 25.2 Å². The number of carbonyl (C=O) groups is 1. The summed E-state index contributed by atoms with van der Waals surface area (Å²) in [6.07, 6.45) is -0.872. The Morgan fingerprint density at radius 1 is 1.80 bits per heavy atom. The van der Waals surface area contributed by atoms with E-state index < -0.39 is 6.16 Å². The molecule has 1 fully saturated rings. The molecular formula is C6H10O4. The third-order valence-corrected chi connectivity index (χ3v) is 1.60. The fraction of sp³-hybridized carbons (Fsp3) is 0.833. The first-order chi connectivity index (χ1) is 4.74. The Bertz CT molecular complexity index is 134. The lowest BCUT2D eigenvalue weighted by Gasteiger charge is -2.26. The van der Waals surface area contributed by atoms with E-state index >= 15 is 0 Å². The second kappa shape index (κ2) is 2.88. The van der Waals surface area contributed by atoms with E-state index in [9.17, 15) is 4.79 Å². The second-order valence-electron chi connectivity index (χ2n) is 2.33. The zero-order valence-corrected chi connectivity index (χ0v) is 5.74. The summed E-state index contributed by atoms with van der Waals surface area (Å²) in [6, 6.07) is 0. The predicted octanol–water partition coefficient (Wildman–Crippen LogP) is 0.150. The molecule has 1 heterocycles. The monoisotopic (exact) mass is 146 g/mol. The molecule has 0 amide bonds. The van der Waals surface area contributed by atoms with Crippen LogP contribution in [0.1, 0.15) is 6.92 Å². The molecule has 0 radical (unpaired) electrons. The highest BCUT2D eigenvalue weighted by Crippen LogP contribution is 2.14. The molecule has 1 aliphatic rings. The van der Waals surface area contributed by atoms with Crippen LogP contribution in [0.5, 0.6) is 0 Å². The fourth-order valence-corrected chi connectivity index (χ4v) is 0.794. The van der Waals surface area contributed by atoms with Crippen molar-refractivity contribution in [2.75, 3.05) is 13.2 Å². The average molecular weight is 146 g/mol. The average Bonchev–Trinajstić information content (AvgIpc) is 1.88. The van der Waals surface area contributed by atoms with Crippen molar-refractivity contribution < 1.29 is 19.4 Å². The van der Waals surface area contributed by atoms with Crippen LogP contribution in [0.3, 0.4) is 0 Å². The van der Waals surface area contributed by atoms with Gasteiger partial charge in [-0.1, -0.05) is 0 Å². The first-order valence-corrected chi connectivity index (χ1v) is 3.18. The molecule has 58 valence electrons. The number of hydrogen-bond acceptors (Lipinski definition) is 4. The Morgan fingerprint density at radius 3 is 3.00 bits per heavy atom. The van der Waals surface area contributed by atoms with Gasteiger partial charge in [-0.2, -0.15) is 0 Å². The number of ether oxygens (including phenoxy) is 2. The minimum atomic E-state index is -0.641. The number of aliphatic hydroxyl groups excluding tert-OH is 1. The van der Waals surface area contributed by atoms with E-state index in [0.717, 1.165) is 0 Å². The van der Waals surface area contributed by atoms with E-state index in [1.54, 1.807) is 6.92 Å². The summed E-state index contributed by atoms with van der Waals surface area (Å²) in [6.45, 7) is 1.99. The Kier molecular flexibility index (Phi) is 2.11. The Balaban J connectivity index is 2.43. The predicted molar refractivity (Wildman–Crippen MR) is 32.5 cm³/mol. The number of aliphatic hydroxyl groups is 1. The lowest BCUT2D eigenvalue weighted by atomic mass is 10.1. The van der Waals surface area contributed by atoms with E-state index in [4.69, 9.17) is 5.11 Å². The minimum Gasteiger partial charge on any atom is -0.434 e. The third-order valence-electron chi connectivity index (χ3n) is 1.60. The Hall–Kier alpha value is -0.770. The standard InChI is InChI=1S/C6H10O4/c1-4-5(2-7)3-9-6(8)10-4/h4-5,7H,2-3H2,1H3. The smallest absolute Gasteiger partial charge is 0.434 e. The van der Waals surface area contributed by atoms with E-state index in [1.165, 1.54) is 0 Å². The quantitative estimate of drug-likeness (QED) is 0.535. The molecule has 0 saturated carbocycles. The molecule has 2 unspecified atom stereocenters. The van der Waals surface area contributed by atoms with Crippen LogP contribution >= 0.6 is 0 Å². The molecule has 1 N–H and O–H groups in total. The summed E-state index contributed by atoms with van der Waals surface area (Å²) in [5.74, 6) is -0.0716. The van der Waals surface area contributed by atoms with Crippen molar-refractivity contribution in [3.8, 4) is 0 Å². The van der Waals surface area contributed by atoms with Crippen molar-refractivity contribution in [1.29, 1.82) is 0 Å². The summed E-state index contributed by atoms with van der Waals surface area (Å²) < 4.78 is 9.20. The van der Waals surface area contributed by atoms with Gasteiger partial charge in [-0.05, 0) is 6.92 Å². The van der Waals surface area contributed by atoms with E-state index in [0.29, 0.717) is 0 Å². The van der Waals surface area contributed by atoms with Crippen molar-refractivity contribution in [2.45, 2.75) is 13.0 Å². The van der Waals surface area contributed by atoms with E-state index in [1.807, 2.05) is 0 Å².